The van der Waals surface area contributed by atoms with Crippen LogP contribution in [0.4, 0.5) is 4.79 Å². The van der Waals surface area contributed by atoms with Crippen LogP contribution in [0.5, 0.6) is 0 Å². The third-order valence-corrected chi connectivity index (χ3v) is 5.92. The zero-order valence-corrected chi connectivity index (χ0v) is 18.6. The predicted molar refractivity (Wildman–Crippen MR) is 113 cm³/mol. The molecule has 6 heteroatoms. The Balaban J connectivity index is 1.39. The molecule has 1 heterocycles. The summed E-state index contributed by atoms with van der Waals surface area (Å²) in [4.78, 5) is 26.5. The SMILES string of the molecule is CC(C)(C)OC(=O)N1CCCC(CCNC(=O)C2CC2c2cccc(Br)c2)C1. The van der Waals surface area contributed by atoms with Crippen molar-refractivity contribution >= 4 is 27.9 Å². The van der Waals surface area contributed by atoms with E-state index in [4.69, 9.17) is 4.74 Å². The summed E-state index contributed by atoms with van der Waals surface area (Å²) in [6.45, 7) is 7.82. The molecule has 1 aromatic carbocycles. The molecule has 0 radical (unpaired) electrons. The molecule has 1 aliphatic carbocycles. The number of likely N-dealkylation sites (tertiary alicyclic amines) is 1. The Morgan fingerprint density at radius 3 is 2.82 bits per heavy atom. The standard InChI is InChI=1S/C22H31BrN2O3/c1-22(2,3)28-21(27)25-11-5-6-15(14-25)9-10-24-20(26)19-13-18(19)16-7-4-8-17(23)12-16/h4,7-8,12,15,18-19H,5-6,9-11,13-14H2,1-3H3,(H,24,26). The van der Waals surface area contributed by atoms with Crippen LogP contribution in [0.15, 0.2) is 28.7 Å². The Morgan fingerprint density at radius 2 is 2.11 bits per heavy atom. The molecule has 3 rings (SSSR count). The van der Waals surface area contributed by atoms with E-state index in [1.165, 1.54) is 5.56 Å². The summed E-state index contributed by atoms with van der Waals surface area (Å²) in [6, 6.07) is 8.22. The van der Waals surface area contributed by atoms with Crippen molar-refractivity contribution in [3.05, 3.63) is 34.3 Å². The van der Waals surface area contributed by atoms with Crippen molar-refractivity contribution in [2.75, 3.05) is 19.6 Å². The third-order valence-electron chi connectivity index (χ3n) is 5.43. The molecule has 2 fully saturated rings. The Kier molecular flexibility index (Phi) is 6.69. The zero-order valence-electron chi connectivity index (χ0n) is 17.0. The van der Waals surface area contributed by atoms with Crippen molar-refractivity contribution in [1.29, 1.82) is 0 Å². The van der Waals surface area contributed by atoms with Gasteiger partial charge in [0.15, 0.2) is 0 Å². The van der Waals surface area contributed by atoms with Crippen molar-refractivity contribution in [1.82, 2.24) is 10.2 Å². The Hall–Kier alpha value is -1.56. The van der Waals surface area contributed by atoms with Crippen LogP contribution >= 0.6 is 15.9 Å². The lowest BCUT2D eigenvalue weighted by Gasteiger charge is -2.34. The number of halogens is 1. The number of amides is 2. The van der Waals surface area contributed by atoms with Crippen LogP contribution in [-0.4, -0.2) is 42.1 Å². The van der Waals surface area contributed by atoms with Crippen LogP contribution in [0.1, 0.15) is 57.9 Å². The molecule has 1 aliphatic heterocycles. The number of nitrogens with zero attached hydrogens (tertiary/aromatic N) is 1. The van der Waals surface area contributed by atoms with Gasteiger partial charge in [0.05, 0.1) is 0 Å². The molecule has 2 amide bonds. The van der Waals surface area contributed by atoms with Gasteiger partial charge in [-0.25, -0.2) is 4.79 Å². The molecule has 1 aromatic rings. The molecular weight excluding hydrogens is 420 g/mol. The molecular formula is C22H31BrN2O3. The van der Waals surface area contributed by atoms with Crippen LogP contribution in [-0.2, 0) is 9.53 Å². The minimum atomic E-state index is -0.465. The number of ether oxygens (including phenoxy) is 1. The lowest BCUT2D eigenvalue weighted by molar-refractivity contribution is -0.122. The highest BCUT2D eigenvalue weighted by Crippen LogP contribution is 2.47. The van der Waals surface area contributed by atoms with E-state index >= 15 is 0 Å². The fourth-order valence-electron chi connectivity index (χ4n) is 3.91. The maximum atomic E-state index is 12.4. The number of piperidine rings is 1. The van der Waals surface area contributed by atoms with Gasteiger partial charge in [-0.1, -0.05) is 28.1 Å². The molecule has 0 bridgehead atoms. The number of benzene rings is 1. The molecule has 1 saturated heterocycles. The van der Waals surface area contributed by atoms with Gasteiger partial charge >= 0.3 is 6.09 Å². The Morgan fingerprint density at radius 1 is 1.32 bits per heavy atom. The smallest absolute Gasteiger partial charge is 0.410 e. The van der Waals surface area contributed by atoms with E-state index in [-0.39, 0.29) is 17.9 Å². The van der Waals surface area contributed by atoms with Gasteiger partial charge in [0.1, 0.15) is 5.60 Å². The van der Waals surface area contributed by atoms with Gasteiger partial charge in [-0.15, -0.1) is 0 Å². The number of nitrogens with one attached hydrogen (secondary N) is 1. The van der Waals surface area contributed by atoms with E-state index in [9.17, 15) is 9.59 Å². The maximum Gasteiger partial charge on any atom is 0.410 e. The van der Waals surface area contributed by atoms with Gasteiger partial charge in [0.2, 0.25) is 5.91 Å². The summed E-state index contributed by atoms with van der Waals surface area (Å²) in [5.74, 6) is 1.01. The van der Waals surface area contributed by atoms with Crippen LogP contribution in [0.3, 0.4) is 0 Å². The number of carbonyl (C=O) groups excluding carboxylic acids is 2. The van der Waals surface area contributed by atoms with Crippen molar-refractivity contribution in [2.45, 2.75) is 58.0 Å². The first-order valence-electron chi connectivity index (χ1n) is 10.2. The highest BCUT2D eigenvalue weighted by Gasteiger charge is 2.43. The Bertz CT molecular complexity index is 716. The highest BCUT2D eigenvalue weighted by molar-refractivity contribution is 9.10. The average molecular weight is 451 g/mol. The average Bonchev–Trinajstić information content (AvgIpc) is 3.41. The van der Waals surface area contributed by atoms with Gasteiger partial charge in [0.25, 0.3) is 0 Å². The topological polar surface area (TPSA) is 58.6 Å². The first-order chi connectivity index (χ1) is 13.2. The fourth-order valence-corrected chi connectivity index (χ4v) is 4.33. The summed E-state index contributed by atoms with van der Waals surface area (Å²) in [6.07, 6.45) is 3.69. The van der Waals surface area contributed by atoms with Crippen molar-refractivity contribution in [2.24, 2.45) is 11.8 Å². The summed E-state index contributed by atoms with van der Waals surface area (Å²) >= 11 is 3.49. The van der Waals surface area contributed by atoms with E-state index in [0.717, 1.165) is 43.2 Å². The molecule has 1 N–H and O–H groups in total. The van der Waals surface area contributed by atoms with Gasteiger partial charge in [-0.3, -0.25) is 4.79 Å². The maximum absolute atomic E-state index is 12.4. The summed E-state index contributed by atoms with van der Waals surface area (Å²) in [5.41, 5.74) is 0.766. The quantitative estimate of drug-likeness (QED) is 0.706. The second-order valence-electron chi connectivity index (χ2n) is 9.02. The molecule has 28 heavy (non-hydrogen) atoms. The lowest BCUT2D eigenvalue weighted by Crippen LogP contribution is -2.43. The summed E-state index contributed by atoms with van der Waals surface area (Å²) in [5, 5.41) is 3.10. The van der Waals surface area contributed by atoms with Crippen LogP contribution in [0.25, 0.3) is 0 Å². The normalized spacial score (nSPS) is 24.6. The first-order valence-corrected chi connectivity index (χ1v) is 11.0. The second-order valence-corrected chi connectivity index (χ2v) is 9.93. The predicted octanol–water partition coefficient (Wildman–Crippen LogP) is 4.71. The van der Waals surface area contributed by atoms with E-state index < -0.39 is 5.60 Å². The molecule has 154 valence electrons. The first kappa shape index (κ1) is 21.2. The Labute approximate surface area is 176 Å². The minimum absolute atomic E-state index is 0.0962. The summed E-state index contributed by atoms with van der Waals surface area (Å²) < 4.78 is 6.54. The lowest BCUT2D eigenvalue weighted by atomic mass is 9.95. The fraction of sp³-hybridized carbons (Fsp3) is 0.636. The van der Waals surface area contributed by atoms with Gasteiger partial charge in [0, 0.05) is 30.0 Å². The number of hydrogen-bond donors (Lipinski definition) is 1. The molecule has 2 aliphatic rings. The van der Waals surface area contributed by atoms with E-state index in [2.05, 4.69) is 33.4 Å². The monoisotopic (exact) mass is 450 g/mol. The van der Waals surface area contributed by atoms with Gasteiger partial charge in [-0.2, -0.15) is 0 Å². The third kappa shape index (κ3) is 5.97. The molecule has 3 atom stereocenters. The van der Waals surface area contributed by atoms with Crippen LogP contribution < -0.4 is 5.32 Å². The van der Waals surface area contributed by atoms with Crippen LogP contribution in [0.2, 0.25) is 0 Å². The number of carbonyl (C=O) groups is 2. The minimum Gasteiger partial charge on any atom is -0.444 e. The summed E-state index contributed by atoms with van der Waals surface area (Å²) in [7, 11) is 0. The number of rotatable bonds is 5. The van der Waals surface area contributed by atoms with Gasteiger partial charge < -0.3 is 15.0 Å². The zero-order chi connectivity index (χ0) is 20.3. The molecule has 0 spiro atoms. The van der Waals surface area contributed by atoms with Gasteiger partial charge in [-0.05, 0) is 76.0 Å². The van der Waals surface area contributed by atoms with Crippen molar-refractivity contribution < 1.29 is 14.3 Å². The highest BCUT2D eigenvalue weighted by atomic mass is 79.9. The largest absolute Gasteiger partial charge is 0.444 e. The second kappa shape index (κ2) is 8.85. The molecule has 5 nitrogen and oxygen atoms in total. The molecule has 3 unspecified atom stereocenters. The van der Waals surface area contributed by atoms with E-state index in [1.54, 1.807) is 0 Å². The number of hydrogen-bond acceptors (Lipinski definition) is 3. The van der Waals surface area contributed by atoms with E-state index in [0.29, 0.717) is 18.4 Å². The molecule has 0 aromatic heterocycles. The molecule has 1 saturated carbocycles. The van der Waals surface area contributed by atoms with Crippen molar-refractivity contribution in [3.63, 3.8) is 0 Å². The van der Waals surface area contributed by atoms with E-state index in [1.807, 2.05) is 37.8 Å². The van der Waals surface area contributed by atoms with Crippen molar-refractivity contribution in [3.8, 4) is 0 Å². The van der Waals surface area contributed by atoms with Crippen LogP contribution in [0, 0.1) is 11.8 Å².